The van der Waals surface area contributed by atoms with Gasteiger partial charge < -0.3 is 14.5 Å². The lowest BCUT2D eigenvalue weighted by atomic mass is 9.82. The zero-order valence-corrected chi connectivity index (χ0v) is 11.9. The SMILES string of the molecule is CCOC(=O)[C@@H]1Cc2c([nH]c3ccccc23)C2(COC2)N1. The van der Waals surface area contributed by atoms with E-state index in [1.165, 1.54) is 10.9 Å². The first kappa shape index (κ1) is 12.9. The molecule has 2 aromatic rings. The molecular formula is C16H18N2O3. The van der Waals surface area contributed by atoms with Crippen molar-refractivity contribution in [3.8, 4) is 0 Å². The van der Waals surface area contributed by atoms with Gasteiger partial charge in [-0.1, -0.05) is 18.2 Å². The molecule has 0 saturated carbocycles. The lowest BCUT2D eigenvalue weighted by Crippen LogP contribution is -2.65. The fraction of sp³-hybridized carbons (Fsp3) is 0.438. The Bertz CT molecular complexity index is 703. The number of aromatic amines is 1. The number of fused-ring (bicyclic) bond motifs is 4. The van der Waals surface area contributed by atoms with Gasteiger partial charge in [-0.2, -0.15) is 0 Å². The van der Waals surface area contributed by atoms with Crippen LogP contribution < -0.4 is 5.32 Å². The summed E-state index contributed by atoms with van der Waals surface area (Å²) in [5, 5.41) is 4.63. The second kappa shape index (κ2) is 4.58. The highest BCUT2D eigenvalue weighted by atomic mass is 16.5. The van der Waals surface area contributed by atoms with Crippen LogP contribution in [0.15, 0.2) is 24.3 Å². The summed E-state index contributed by atoms with van der Waals surface area (Å²) >= 11 is 0. The van der Waals surface area contributed by atoms with Crippen LogP contribution in [-0.4, -0.2) is 36.8 Å². The molecule has 5 nitrogen and oxygen atoms in total. The van der Waals surface area contributed by atoms with Gasteiger partial charge in [-0.25, -0.2) is 0 Å². The molecule has 1 atom stereocenters. The molecule has 1 spiro atoms. The van der Waals surface area contributed by atoms with E-state index in [1.54, 1.807) is 0 Å². The zero-order valence-electron chi connectivity index (χ0n) is 11.9. The van der Waals surface area contributed by atoms with Gasteiger partial charge in [-0.15, -0.1) is 0 Å². The Labute approximate surface area is 122 Å². The van der Waals surface area contributed by atoms with Crippen LogP contribution >= 0.6 is 0 Å². The number of hydrogen-bond donors (Lipinski definition) is 2. The number of rotatable bonds is 2. The van der Waals surface area contributed by atoms with Gasteiger partial charge >= 0.3 is 5.97 Å². The number of nitrogens with one attached hydrogen (secondary N) is 2. The summed E-state index contributed by atoms with van der Waals surface area (Å²) in [5.74, 6) is -0.181. The van der Waals surface area contributed by atoms with E-state index in [-0.39, 0.29) is 17.6 Å². The highest BCUT2D eigenvalue weighted by Crippen LogP contribution is 2.39. The highest BCUT2D eigenvalue weighted by molar-refractivity contribution is 5.87. The quantitative estimate of drug-likeness (QED) is 0.821. The van der Waals surface area contributed by atoms with Crippen LogP contribution in [0, 0.1) is 0 Å². The molecule has 1 aromatic carbocycles. The number of esters is 1. The second-order valence-corrected chi connectivity index (χ2v) is 5.75. The van der Waals surface area contributed by atoms with Crippen molar-refractivity contribution < 1.29 is 14.3 Å². The summed E-state index contributed by atoms with van der Waals surface area (Å²) in [7, 11) is 0. The molecule has 1 saturated heterocycles. The van der Waals surface area contributed by atoms with Crippen molar-refractivity contribution in [2.45, 2.75) is 24.9 Å². The van der Waals surface area contributed by atoms with Crippen LogP contribution in [-0.2, 0) is 26.2 Å². The third-order valence-electron chi connectivity index (χ3n) is 4.42. The first-order valence-corrected chi connectivity index (χ1v) is 7.35. The van der Waals surface area contributed by atoms with E-state index in [4.69, 9.17) is 9.47 Å². The number of H-pyrrole nitrogens is 1. The molecule has 1 fully saturated rings. The summed E-state index contributed by atoms with van der Waals surface area (Å²) in [6.45, 7) is 3.41. The van der Waals surface area contributed by atoms with Gasteiger partial charge in [-0.3, -0.25) is 10.1 Å². The van der Waals surface area contributed by atoms with E-state index in [2.05, 4.69) is 22.4 Å². The van der Waals surface area contributed by atoms with Crippen molar-refractivity contribution >= 4 is 16.9 Å². The Morgan fingerprint density at radius 2 is 2.24 bits per heavy atom. The fourth-order valence-electron chi connectivity index (χ4n) is 3.40. The number of ether oxygens (including phenoxy) is 2. The van der Waals surface area contributed by atoms with E-state index in [0.29, 0.717) is 26.2 Å². The van der Waals surface area contributed by atoms with E-state index in [9.17, 15) is 4.79 Å². The maximum atomic E-state index is 12.2. The second-order valence-electron chi connectivity index (χ2n) is 5.75. The first-order chi connectivity index (χ1) is 10.2. The summed E-state index contributed by atoms with van der Waals surface area (Å²) in [6, 6.07) is 7.92. The fourth-order valence-corrected chi connectivity index (χ4v) is 3.40. The van der Waals surface area contributed by atoms with Crippen LogP contribution in [0.25, 0.3) is 10.9 Å². The smallest absolute Gasteiger partial charge is 0.323 e. The molecule has 0 amide bonds. The standard InChI is InChI=1S/C16H18N2O3/c1-2-21-15(19)13-7-11-10-5-3-4-6-12(10)17-14(11)16(18-13)8-20-9-16/h3-6,13,17-18H,2,7-9H2,1H3/t13-/m0/s1. The Morgan fingerprint density at radius 3 is 2.95 bits per heavy atom. The predicted molar refractivity (Wildman–Crippen MR) is 78.1 cm³/mol. The lowest BCUT2D eigenvalue weighted by Gasteiger charge is -2.47. The lowest BCUT2D eigenvalue weighted by molar-refractivity contribution is -0.150. The molecule has 0 bridgehead atoms. The molecule has 2 aliphatic heterocycles. The molecule has 2 N–H and O–H groups in total. The van der Waals surface area contributed by atoms with Gasteiger partial charge in [0.15, 0.2) is 0 Å². The number of benzene rings is 1. The van der Waals surface area contributed by atoms with Gasteiger partial charge in [0, 0.05) is 23.0 Å². The van der Waals surface area contributed by atoms with E-state index in [0.717, 1.165) is 11.2 Å². The van der Waals surface area contributed by atoms with E-state index < -0.39 is 0 Å². The zero-order chi connectivity index (χ0) is 14.4. The molecule has 2 aliphatic rings. The molecule has 0 unspecified atom stereocenters. The maximum absolute atomic E-state index is 12.2. The number of carbonyl (C=O) groups is 1. The average Bonchev–Trinajstić information content (AvgIpc) is 2.83. The molecule has 1 aromatic heterocycles. The van der Waals surface area contributed by atoms with Crippen LogP contribution in [0.5, 0.6) is 0 Å². The third kappa shape index (κ3) is 1.81. The molecular weight excluding hydrogens is 268 g/mol. The Hall–Kier alpha value is -1.85. The van der Waals surface area contributed by atoms with E-state index >= 15 is 0 Å². The van der Waals surface area contributed by atoms with Gasteiger partial charge in [0.1, 0.15) is 11.6 Å². The number of carbonyl (C=O) groups excluding carboxylic acids is 1. The molecule has 110 valence electrons. The summed E-state index contributed by atoms with van der Waals surface area (Å²) < 4.78 is 10.6. The van der Waals surface area contributed by atoms with Gasteiger partial charge in [0.05, 0.1) is 19.8 Å². The molecule has 4 rings (SSSR count). The Morgan fingerprint density at radius 1 is 1.43 bits per heavy atom. The number of para-hydroxylation sites is 1. The van der Waals surface area contributed by atoms with Crippen molar-refractivity contribution in [1.82, 2.24) is 10.3 Å². The largest absolute Gasteiger partial charge is 0.465 e. The van der Waals surface area contributed by atoms with Gasteiger partial charge in [0.2, 0.25) is 0 Å². The van der Waals surface area contributed by atoms with Crippen molar-refractivity contribution in [2.24, 2.45) is 0 Å². The van der Waals surface area contributed by atoms with E-state index in [1.807, 2.05) is 19.1 Å². The third-order valence-corrected chi connectivity index (χ3v) is 4.42. The minimum absolute atomic E-state index is 0.181. The number of aromatic nitrogens is 1. The highest BCUT2D eigenvalue weighted by Gasteiger charge is 2.49. The average molecular weight is 286 g/mol. The molecule has 21 heavy (non-hydrogen) atoms. The topological polar surface area (TPSA) is 63.4 Å². The Kier molecular flexibility index (Phi) is 2.80. The molecule has 0 radical (unpaired) electrons. The van der Waals surface area contributed by atoms with Crippen LogP contribution in [0.1, 0.15) is 18.2 Å². The summed E-state index contributed by atoms with van der Waals surface area (Å²) in [5.41, 5.74) is 3.21. The minimum Gasteiger partial charge on any atom is -0.465 e. The normalized spacial score (nSPS) is 22.8. The van der Waals surface area contributed by atoms with Crippen LogP contribution in [0.4, 0.5) is 0 Å². The van der Waals surface area contributed by atoms with Crippen molar-refractivity contribution in [1.29, 1.82) is 0 Å². The number of hydrogen-bond acceptors (Lipinski definition) is 4. The Balaban J connectivity index is 1.81. The summed E-state index contributed by atoms with van der Waals surface area (Å²) in [4.78, 5) is 15.7. The van der Waals surface area contributed by atoms with Crippen LogP contribution in [0.2, 0.25) is 0 Å². The maximum Gasteiger partial charge on any atom is 0.323 e. The molecule has 0 aliphatic carbocycles. The molecule has 3 heterocycles. The summed E-state index contributed by atoms with van der Waals surface area (Å²) in [6.07, 6.45) is 0.653. The van der Waals surface area contributed by atoms with Gasteiger partial charge in [0.25, 0.3) is 0 Å². The monoisotopic (exact) mass is 286 g/mol. The molecule has 5 heteroatoms. The first-order valence-electron chi connectivity index (χ1n) is 7.35. The van der Waals surface area contributed by atoms with Crippen LogP contribution in [0.3, 0.4) is 0 Å². The van der Waals surface area contributed by atoms with Crippen molar-refractivity contribution in [3.05, 3.63) is 35.5 Å². The van der Waals surface area contributed by atoms with Gasteiger partial charge in [-0.05, 0) is 18.6 Å². The van der Waals surface area contributed by atoms with Crippen molar-refractivity contribution in [3.63, 3.8) is 0 Å². The minimum atomic E-state index is -0.305. The van der Waals surface area contributed by atoms with Crippen molar-refractivity contribution in [2.75, 3.05) is 19.8 Å². The predicted octanol–water partition coefficient (Wildman–Crippen LogP) is 1.47.